The number of tetrazole rings is 1. The first-order chi connectivity index (χ1) is 10.0. The summed E-state index contributed by atoms with van der Waals surface area (Å²) in [7, 11) is 0. The summed E-state index contributed by atoms with van der Waals surface area (Å²) < 4.78 is 16.1. The molecule has 0 spiro atoms. The molecule has 0 amide bonds. The van der Waals surface area contributed by atoms with Gasteiger partial charge in [0.1, 0.15) is 5.82 Å². The molecule has 0 aliphatic carbocycles. The molecule has 3 rings (SSSR count). The second-order valence-electron chi connectivity index (χ2n) is 4.62. The number of halogens is 2. The second-order valence-corrected chi connectivity index (χ2v) is 5.53. The fraction of sp³-hybridized carbons (Fsp3) is 0.0714. The third-order valence-electron chi connectivity index (χ3n) is 3.03. The van der Waals surface area contributed by atoms with Crippen molar-refractivity contribution in [3.05, 3.63) is 52.3 Å². The molecule has 106 valence electrons. The van der Waals surface area contributed by atoms with Gasteiger partial charge in [0.15, 0.2) is 5.82 Å². The minimum atomic E-state index is -0.424. The van der Waals surface area contributed by atoms with E-state index in [9.17, 15) is 4.39 Å². The monoisotopic (exact) mass is 347 g/mol. The Morgan fingerprint density at radius 1 is 1.19 bits per heavy atom. The minimum Gasteiger partial charge on any atom is -0.399 e. The Bertz CT molecular complexity index is 795. The number of nitrogens with zero attached hydrogens (tertiary/aromatic N) is 4. The van der Waals surface area contributed by atoms with E-state index < -0.39 is 5.82 Å². The maximum Gasteiger partial charge on any atom is 0.187 e. The van der Waals surface area contributed by atoms with Gasteiger partial charge in [0.05, 0.1) is 5.69 Å². The zero-order valence-corrected chi connectivity index (χ0v) is 12.7. The third-order valence-corrected chi connectivity index (χ3v) is 3.53. The normalized spacial score (nSPS) is 10.8. The van der Waals surface area contributed by atoms with Crippen LogP contribution in [-0.4, -0.2) is 20.2 Å². The lowest BCUT2D eigenvalue weighted by molar-refractivity contribution is 0.628. The minimum absolute atomic E-state index is 0.326. The molecule has 0 unspecified atom stereocenters. The molecule has 0 aliphatic heterocycles. The van der Waals surface area contributed by atoms with Crippen molar-refractivity contribution < 1.29 is 4.39 Å². The van der Waals surface area contributed by atoms with E-state index >= 15 is 0 Å². The molecule has 0 radical (unpaired) electrons. The highest BCUT2D eigenvalue weighted by molar-refractivity contribution is 9.10. The molecule has 1 heterocycles. The lowest BCUT2D eigenvalue weighted by atomic mass is 10.1. The Balaban J connectivity index is 2.17. The van der Waals surface area contributed by atoms with E-state index in [2.05, 4.69) is 31.5 Å². The van der Waals surface area contributed by atoms with Gasteiger partial charge in [-0.25, -0.2) is 4.39 Å². The van der Waals surface area contributed by atoms with Crippen molar-refractivity contribution in [2.24, 2.45) is 0 Å². The average Bonchev–Trinajstić information content (AvgIpc) is 2.86. The van der Waals surface area contributed by atoms with Crippen LogP contribution in [0.4, 0.5) is 10.1 Å². The van der Waals surface area contributed by atoms with Gasteiger partial charge in [-0.3, -0.25) is 0 Å². The largest absolute Gasteiger partial charge is 0.399 e. The number of benzene rings is 2. The molecule has 0 bridgehead atoms. The molecule has 0 saturated carbocycles. The molecule has 0 fully saturated rings. The maximum atomic E-state index is 13.5. The highest BCUT2D eigenvalue weighted by Crippen LogP contribution is 2.25. The van der Waals surface area contributed by atoms with Crippen molar-refractivity contribution in [1.82, 2.24) is 20.2 Å². The number of nitrogen functional groups attached to an aromatic ring is 1. The van der Waals surface area contributed by atoms with Gasteiger partial charge in [-0.15, -0.1) is 5.10 Å². The van der Waals surface area contributed by atoms with Crippen LogP contribution in [0.25, 0.3) is 17.1 Å². The zero-order chi connectivity index (χ0) is 15.0. The molecule has 0 atom stereocenters. The van der Waals surface area contributed by atoms with E-state index in [1.165, 1.54) is 12.1 Å². The van der Waals surface area contributed by atoms with Crippen molar-refractivity contribution in [3.8, 4) is 17.1 Å². The number of aryl methyl sites for hydroxylation is 1. The van der Waals surface area contributed by atoms with E-state index in [1.54, 1.807) is 10.7 Å². The van der Waals surface area contributed by atoms with E-state index in [0.717, 1.165) is 15.7 Å². The third kappa shape index (κ3) is 2.64. The van der Waals surface area contributed by atoms with Crippen LogP contribution >= 0.6 is 15.9 Å². The summed E-state index contributed by atoms with van der Waals surface area (Å²) in [5, 5.41) is 11.7. The fourth-order valence-corrected chi connectivity index (χ4v) is 2.60. The van der Waals surface area contributed by atoms with Crippen LogP contribution in [0.2, 0.25) is 0 Å². The Morgan fingerprint density at radius 3 is 2.71 bits per heavy atom. The van der Waals surface area contributed by atoms with E-state index in [1.807, 2.05) is 25.1 Å². The first-order valence-electron chi connectivity index (χ1n) is 6.16. The van der Waals surface area contributed by atoms with Gasteiger partial charge in [0.2, 0.25) is 0 Å². The van der Waals surface area contributed by atoms with Gasteiger partial charge in [-0.1, -0.05) is 15.9 Å². The molecule has 2 aromatic carbocycles. The van der Waals surface area contributed by atoms with Crippen LogP contribution in [0.1, 0.15) is 5.56 Å². The highest BCUT2D eigenvalue weighted by Gasteiger charge is 2.14. The van der Waals surface area contributed by atoms with Crippen molar-refractivity contribution in [2.45, 2.75) is 6.92 Å². The van der Waals surface area contributed by atoms with Crippen molar-refractivity contribution >= 4 is 21.6 Å². The van der Waals surface area contributed by atoms with Gasteiger partial charge < -0.3 is 5.73 Å². The van der Waals surface area contributed by atoms with Gasteiger partial charge in [-0.05, 0) is 59.3 Å². The number of anilines is 1. The quantitative estimate of drug-likeness (QED) is 0.723. The zero-order valence-electron chi connectivity index (χ0n) is 11.1. The number of rotatable bonds is 2. The number of hydrogen-bond donors (Lipinski definition) is 1. The number of nitrogens with two attached hydrogens (primary N) is 1. The van der Waals surface area contributed by atoms with Gasteiger partial charge in [-0.2, -0.15) is 4.68 Å². The van der Waals surface area contributed by atoms with Crippen LogP contribution < -0.4 is 5.73 Å². The van der Waals surface area contributed by atoms with Crippen LogP contribution in [0.3, 0.4) is 0 Å². The average molecular weight is 348 g/mol. The van der Waals surface area contributed by atoms with Crippen LogP contribution in [0.5, 0.6) is 0 Å². The molecule has 21 heavy (non-hydrogen) atoms. The van der Waals surface area contributed by atoms with Crippen molar-refractivity contribution in [1.29, 1.82) is 0 Å². The fourth-order valence-electron chi connectivity index (χ4n) is 2.13. The summed E-state index contributed by atoms with van der Waals surface area (Å²) in [5.74, 6) is 0.0127. The summed E-state index contributed by atoms with van der Waals surface area (Å²) in [6, 6.07) is 9.99. The SMILES string of the molecule is Cc1cc(Br)ccc1-n1nnnc1-c1cc(N)cc(F)c1. The predicted octanol–water partition coefficient (Wildman–Crippen LogP) is 3.12. The van der Waals surface area contributed by atoms with Gasteiger partial charge in [0, 0.05) is 15.7 Å². The van der Waals surface area contributed by atoms with Crippen molar-refractivity contribution in [2.75, 3.05) is 5.73 Å². The van der Waals surface area contributed by atoms with Gasteiger partial charge in [0.25, 0.3) is 0 Å². The topological polar surface area (TPSA) is 69.6 Å². The second kappa shape index (κ2) is 5.25. The number of hydrogen-bond acceptors (Lipinski definition) is 4. The summed E-state index contributed by atoms with van der Waals surface area (Å²) in [6.45, 7) is 1.95. The molecule has 1 aromatic heterocycles. The standard InChI is InChI=1S/C14H11BrFN5/c1-8-4-10(15)2-3-13(8)21-14(18-19-20-21)9-5-11(16)7-12(17)6-9/h2-7H,17H2,1H3. The Kier molecular flexibility index (Phi) is 3.42. The molecule has 0 aliphatic rings. The van der Waals surface area contributed by atoms with E-state index in [0.29, 0.717) is 17.1 Å². The summed E-state index contributed by atoms with van der Waals surface area (Å²) in [5.41, 5.74) is 8.34. The van der Waals surface area contributed by atoms with Gasteiger partial charge >= 0.3 is 0 Å². The van der Waals surface area contributed by atoms with Crippen LogP contribution in [0.15, 0.2) is 40.9 Å². The van der Waals surface area contributed by atoms with Crippen molar-refractivity contribution in [3.63, 3.8) is 0 Å². The molecular formula is C14H11BrFN5. The first kappa shape index (κ1) is 13.7. The Morgan fingerprint density at radius 2 is 2.00 bits per heavy atom. The lowest BCUT2D eigenvalue weighted by Crippen LogP contribution is -2.02. The molecule has 0 saturated heterocycles. The highest BCUT2D eigenvalue weighted by atomic mass is 79.9. The van der Waals surface area contributed by atoms with Crippen LogP contribution in [-0.2, 0) is 0 Å². The first-order valence-corrected chi connectivity index (χ1v) is 6.95. The summed E-state index contributed by atoms with van der Waals surface area (Å²) in [4.78, 5) is 0. The molecular weight excluding hydrogens is 337 g/mol. The molecule has 2 N–H and O–H groups in total. The molecule has 3 aromatic rings. The Hall–Kier alpha value is -2.28. The van der Waals surface area contributed by atoms with E-state index in [4.69, 9.17) is 5.73 Å². The van der Waals surface area contributed by atoms with Crippen LogP contribution in [0, 0.1) is 12.7 Å². The Labute approximate surface area is 128 Å². The summed E-state index contributed by atoms with van der Waals surface area (Å²) in [6.07, 6.45) is 0. The van der Waals surface area contributed by atoms with E-state index in [-0.39, 0.29) is 0 Å². The lowest BCUT2D eigenvalue weighted by Gasteiger charge is -2.08. The number of aromatic nitrogens is 4. The molecule has 5 nitrogen and oxygen atoms in total. The summed E-state index contributed by atoms with van der Waals surface area (Å²) >= 11 is 3.42. The smallest absolute Gasteiger partial charge is 0.187 e. The molecule has 7 heteroatoms. The predicted molar refractivity (Wildman–Crippen MR) is 81.4 cm³/mol. The maximum absolute atomic E-state index is 13.5.